The minimum Gasteiger partial charge on any atom is -0.316 e. The first-order valence-electron chi connectivity index (χ1n) is 6.53. The molecule has 1 saturated carbocycles. The second-order valence-corrected chi connectivity index (χ2v) is 7.00. The third kappa shape index (κ3) is 3.09. The zero-order chi connectivity index (χ0) is 14.8. The molecule has 0 aromatic carbocycles. The SMILES string of the molecule is C[C@@H](Sc1nncn1C1CC1)C(=O)Nc1sccc1C#N. The van der Waals surface area contributed by atoms with Crippen LogP contribution in [0.5, 0.6) is 0 Å². The van der Waals surface area contributed by atoms with Crippen molar-refractivity contribution in [3.8, 4) is 6.07 Å². The Morgan fingerprint density at radius 3 is 3.19 bits per heavy atom. The first-order chi connectivity index (χ1) is 10.2. The number of aromatic nitrogens is 3. The summed E-state index contributed by atoms with van der Waals surface area (Å²) in [6.07, 6.45) is 4.01. The lowest BCUT2D eigenvalue weighted by Gasteiger charge is -2.11. The number of thiophene rings is 1. The van der Waals surface area contributed by atoms with E-state index in [1.165, 1.54) is 23.1 Å². The molecule has 0 spiro atoms. The molecule has 2 heterocycles. The van der Waals surface area contributed by atoms with Gasteiger partial charge in [-0.3, -0.25) is 4.79 Å². The molecule has 6 nitrogen and oxygen atoms in total. The van der Waals surface area contributed by atoms with Crippen molar-refractivity contribution in [2.45, 2.75) is 36.2 Å². The van der Waals surface area contributed by atoms with Crippen LogP contribution in [0.3, 0.4) is 0 Å². The quantitative estimate of drug-likeness (QED) is 0.857. The standard InChI is InChI=1S/C13H13N5OS2/c1-8(11(19)16-12-9(6-14)4-5-20-12)21-13-17-15-7-18(13)10-2-3-10/h4-5,7-8,10H,2-3H2,1H3,(H,16,19)/t8-/m1/s1. The second kappa shape index (κ2) is 5.87. The van der Waals surface area contributed by atoms with Gasteiger partial charge in [-0.05, 0) is 31.2 Å². The topological polar surface area (TPSA) is 83.6 Å². The van der Waals surface area contributed by atoms with Crippen molar-refractivity contribution in [3.05, 3.63) is 23.3 Å². The number of nitriles is 1. The molecular formula is C13H13N5OS2. The van der Waals surface area contributed by atoms with Crippen molar-refractivity contribution in [3.63, 3.8) is 0 Å². The fourth-order valence-corrected chi connectivity index (χ4v) is 3.47. The molecule has 3 rings (SSSR count). The number of carbonyl (C=O) groups excluding carboxylic acids is 1. The van der Waals surface area contributed by atoms with E-state index in [0.29, 0.717) is 16.6 Å². The van der Waals surface area contributed by atoms with Gasteiger partial charge in [0.25, 0.3) is 0 Å². The first-order valence-corrected chi connectivity index (χ1v) is 8.29. The van der Waals surface area contributed by atoms with Crippen LogP contribution in [-0.2, 0) is 4.79 Å². The molecule has 0 bridgehead atoms. The molecule has 1 amide bonds. The van der Waals surface area contributed by atoms with Crippen LogP contribution >= 0.6 is 23.1 Å². The molecule has 1 atom stereocenters. The van der Waals surface area contributed by atoms with Gasteiger partial charge in [-0.2, -0.15) is 5.26 Å². The van der Waals surface area contributed by atoms with Gasteiger partial charge in [0.15, 0.2) is 5.16 Å². The minimum atomic E-state index is -0.305. The Labute approximate surface area is 130 Å². The Hall–Kier alpha value is -1.85. The fraction of sp³-hybridized carbons (Fsp3) is 0.385. The van der Waals surface area contributed by atoms with Crippen LogP contribution in [-0.4, -0.2) is 25.9 Å². The lowest BCUT2D eigenvalue weighted by molar-refractivity contribution is -0.115. The van der Waals surface area contributed by atoms with Crippen LogP contribution in [0.15, 0.2) is 22.9 Å². The average molecular weight is 319 g/mol. The smallest absolute Gasteiger partial charge is 0.238 e. The Bertz CT molecular complexity index is 697. The van der Waals surface area contributed by atoms with E-state index in [2.05, 4.69) is 21.6 Å². The second-order valence-electron chi connectivity index (χ2n) is 4.78. The van der Waals surface area contributed by atoms with Gasteiger partial charge < -0.3 is 9.88 Å². The number of hydrogen-bond donors (Lipinski definition) is 1. The summed E-state index contributed by atoms with van der Waals surface area (Å²) in [6.45, 7) is 1.82. The van der Waals surface area contributed by atoms with E-state index in [4.69, 9.17) is 5.26 Å². The third-order valence-corrected chi connectivity index (χ3v) is 5.06. The van der Waals surface area contributed by atoms with Gasteiger partial charge in [0, 0.05) is 6.04 Å². The summed E-state index contributed by atoms with van der Waals surface area (Å²) in [6, 6.07) is 4.24. The summed E-state index contributed by atoms with van der Waals surface area (Å²) in [5.41, 5.74) is 0.492. The molecule has 0 unspecified atom stereocenters. The maximum absolute atomic E-state index is 12.2. The molecule has 1 aliphatic carbocycles. The highest BCUT2D eigenvalue weighted by Gasteiger charge is 2.28. The number of thioether (sulfide) groups is 1. The Morgan fingerprint density at radius 1 is 1.67 bits per heavy atom. The van der Waals surface area contributed by atoms with Gasteiger partial charge in [-0.25, -0.2) is 0 Å². The van der Waals surface area contributed by atoms with Crippen molar-refractivity contribution in [1.29, 1.82) is 5.26 Å². The Morgan fingerprint density at radius 2 is 2.48 bits per heavy atom. The van der Waals surface area contributed by atoms with Crippen molar-refractivity contribution in [2.24, 2.45) is 0 Å². The molecule has 0 radical (unpaired) electrons. The summed E-state index contributed by atoms with van der Waals surface area (Å²) in [4.78, 5) is 12.2. The van der Waals surface area contributed by atoms with Gasteiger partial charge in [-0.15, -0.1) is 21.5 Å². The molecule has 108 valence electrons. The molecule has 0 saturated heterocycles. The molecule has 8 heteroatoms. The highest BCUT2D eigenvalue weighted by atomic mass is 32.2. The summed E-state index contributed by atoms with van der Waals surface area (Å²) in [5, 5.41) is 22.6. The maximum atomic E-state index is 12.2. The van der Waals surface area contributed by atoms with Crippen molar-refractivity contribution in [2.75, 3.05) is 5.32 Å². The van der Waals surface area contributed by atoms with Gasteiger partial charge in [0.2, 0.25) is 5.91 Å². The number of rotatable bonds is 5. The van der Waals surface area contributed by atoms with Crippen LogP contribution in [0, 0.1) is 11.3 Å². The van der Waals surface area contributed by atoms with Crippen molar-refractivity contribution in [1.82, 2.24) is 14.8 Å². The number of amides is 1. The monoisotopic (exact) mass is 319 g/mol. The minimum absolute atomic E-state index is 0.135. The zero-order valence-corrected chi connectivity index (χ0v) is 12.9. The number of anilines is 1. The van der Waals surface area contributed by atoms with E-state index in [0.717, 1.165) is 18.0 Å². The maximum Gasteiger partial charge on any atom is 0.238 e. The van der Waals surface area contributed by atoms with Gasteiger partial charge >= 0.3 is 0 Å². The van der Waals surface area contributed by atoms with Crippen LogP contribution in [0.25, 0.3) is 0 Å². The number of hydrogen-bond acceptors (Lipinski definition) is 6. The summed E-state index contributed by atoms with van der Waals surface area (Å²) in [7, 11) is 0. The van der Waals surface area contributed by atoms with Gasteiger partial charge in [0.05, 0.1) is 10.8 Å². The third-order valence-electron chi connectivity index (χ3n) is 3.15. The van der Waals surface area contributed by atoms with Crippen LogP contribution in [0.1, 0.15) is 31.4 Å². The molecule has 21 heavy (non-hydrogen) atoms. The van der Waals surface area contributed by atoms with Gasteiger partial charge in [0.1, 0.15) is 17.4 Å². The van der Waals surface area contributed by atoms with E-state index < -0.39 is 0 Å². The zero-order valence-electron chi connectivity index (χ0n) is 11.3. The predicted molar refractivity (Wildman–Crippen MR) is 81.3 cm³/mol. The Kier molecular flexibility index (Phi) is 3.94. The normalized spacial score (nSPS) is 15.4. The number of nitrogens with zero attached hydrogens (tertiary/aromatic N) is 4. The molecule has 0 aliphatic heterocycles. The van der Waals surface area contributed by atoms with Crippen molar-refractivity contribution >= 4 is 34.0 Å². The summed E-state index contributed by atoms with van der Waals surface area (Å²) in [5.74, 6) is -0.135. The highest BCUT2D eigenvalue weighted by Crippen LogP contribution is 2.38. The number of nitrogens with one attached hydrogen (secondary N) is 1. The van der Waals surface area contributed by atoms with Crippen LogP contribution < -0.4 is 5.32 Å². The molecule has 1 fully saturated rings. The van der Waals surface area contributed by atoms with Crippen LogP contribution in [0.2, 0.25) is 0 Å². The van der Waals surface area contributed by atoms with E-state index in [-0.39, 0.29) is 11.2 Å². The molecule has 2 aromatic rings. The number of carbonyl (C=O) groups is 1. The lowest BCUT2D eigenvalue weighted by Crippen LogP contribution is -2.22. The average Bonchev–Trinajstić information content (AvgIpc) is 3.05. The largest absolute Gasteiger partial charge is 0.316 e. The van der Waals surface area contributed by atoms with Crippen LogP contribution in [0.4, 0.5) is 5.00 Å². The van der Waals surface area contributed by atoms with E-state index >= 15 is 0 Å². The predicted octanol–water partition coefficient (Wildman–Crippen LogP) is 2.67. The fourth-order valence-electron chi connectivity index (χ4n) is 1.84. The molecule has 1 aliphatic rings. The lowest BCUT2D eigenvalue weighted by atomic mass is 10.3. The first kappa shape index (κ1) is 14.1. The van der Waals surface area contributed by atoms with E-state index in [1.807, 2.05) is 11.5 Å². The molecular weight excluding hydrogens is 306 g/mol. The van der Waals surface area contributed by atoms with Crippen molar-refractivity contribution < 1.29 is 4.79 Å². The summed E-state index contributed by atoms with van der Waals surface area (Å²) < 4.78 is 2.03. The highest BCUT2D eigenvalue weighted by molar-refractivity contribution is 8.00. The van der Waals surface area contributed by atoms with Gasteiger partial charge in [-0.1, -0.05) is 11.8 Å². The molecule has 1 N–H and O–H groups in total. The van der Waals surface area contributed by atoms with E-state index in [1.54, 1.807) is 17.8 Å². The van der Waals surface area contributed by atoms with E-state index in [9.17, 15) is 4.79 Å². The molecule has 2 aromatic heterocycles. The Balaban J connectivity index is 1.65. The summed E-state index contributed by atoms with van der Waals surface area (Å²) >= 11 is 2.74.